The number of fused-ring (bicyclic) bond motifs is 4. The summed E-state index contributed by atoms with van der Waals surface area (Å²) < 4.78 is 0.415. The van der Waals surface area contributed by atoms with Crippen molar-refractivity contribution in [1.29, 1.82) is 0 Å². The van der Waals surface area contributed by atoms with Gasteiger partial charge in [0.1, 0.15) is 0 Å². The van der Waals surface area contributed by atoms with Crippen molar-refractivity contribution in [2.75, 3.05) is 0 Å². The predicted molar refractivity (Wildman–Crippen MR) is 222 cm³/mol. The average molecular weight is 783 g/mol. The molecule has 276 valence electrons. The molecule has 4 saturated carbocycles. The second-order valence-electron chi connectivity index (χ2n) is 18.4. The van der Waals surface area contributed by atoms with Crippen molar-refractivity contribution in [3.63, 3.8) is 0 Å². The summed E-state index contributed by atoms with van der Waals surface area (Å²) in [6.07, 6.45) is 52.6. The molecule has 0 bridgehead atoms. The Morgan fingerprint density at radius 1 is 0.404 bits per heavy atom. The maximum absolute atomic E-state index is 6.38. The Bertz CT molecular complexity index is 845. The first-order valence-corrected chi connectivity index (χ1v) is 23.7. The molecule has 4 aliphatic rings. The molecule has 5 atom stereocenters. The maximum atomic E-state index is 6.38. The summed E-state index contributed by atoms with van der Waals surface area (Å²) in [5.41, 5.74) is 1.12. The molecule has 0 amide bonds. The molecule has 0 saturated heterocycles. The van der Waals surface area contributed by atoms with Crippen molar-refractivity contribution in [2.45, 2.75) is 260 Å². The van der Waals surface area contributed by atoms with Gasteiger partial charge in [-0.25, -0.2) is 0 Å². The lowest BCUT2D eigenvalue weighted by molar-refractivity contribution is -0.246. The van der Waals surface area contributed by atoms with Crippen LogP contribution in [0, 0.1) is 22.2 Å². The molecule has 0 heterocycles. The fourth-order valence-electron chi connectivity index (χ4n) is 12.9. The number of alkyl halides is 1. The third-order valence-electron chi connectivity index (χ3n) is 15.4. The van der Waals surface area contributed by atoms with E-state index in [0.717, 1.165) is 5.92 Å². The van der Waals surface area contributed by atoms with Gasteiger partial charge in [0.15, 0.2) is 0 Å². The summed E-state index contributed by atoms with van der Waals surface area (Å²) >= 11 is 9.57. The molecule has 0 aromatic rings. The summed E-state index contributed by atoms with van der Waals surface area (Å²) in [6.45, 7) is 8.51. The topological polar surface area (TPSA) is 0 Å². The lowest BCUT2D eigenvalue weighted by Crippen LogP contribution is -2.87. The first kappa shape index (κ1) is 40.8. The summed E-state index contributed by atoms with van der Waals surface area (Å²) in [7, 11) is 0. The molecule has 5 unspecified atom stereocenters. The van der Waals surface area contributed by atoms with Crippen LogP contribution >= 0.6 is 35.2 Å². The van der Waals surface area contributed by atoms with Gasteiger partial charge in [0.2, 0.25) is 0 Å². The van der Waals surface area contributed by atoms with E-state index in [4.69, 9.17) is 12.6 Å². The van der Waals surface area contributed by atoms with Gasteiger partial charge in [-0.3, -0.25) is 0 Å². The van der Waals surface area contributed by atoms with Crippen LogP contribution in [-0.2, 0) is 0 Å². The van der Waals surface area contributed by atoms with Crippen molar-refractivity contribution in [3.8, 4) is 0 Å². The zero-order valence-corrected chi connectivity index (χ0v) is 35.4. The number of hydrogen-bond acceptors (Lipinski definition) is 1. The van der Waals surface area contributed by atoms with Gasteiger partial charge in [0, 0.05) is 8.17 Å². The van der Waals surface area contributed by atoms with Crippen LogP contribution in [0.25, 0.3) is 0 Å². The van der Waals surface area contributed by atoms with Crippen LogP contribution in [0.15, 0.2) is 0 Å². The zero-order chi connectivity index (χ0) is 33.5. The van der Waals surface area contributed by atoms with Crippen LogP contribution in [0.3, 0.4) is 0 Å². The second kappa shape index (κ2) is 20.4. The lowest BCUT2D eigenvalue weighted by Gasteiger charge is -2.85. The SMILES string of the molecule is CC1CCCCCCCCCCCCCCCC2(S)C1(I)C1(C)CCCCCCCCCCCCCC12C1(C)CCCCCCCC1. The van der Waals surface area contributed by atoms with Gasteiger partial charge in [-0.15, -0.1) is 0 Å². The number of rotatable bonds is 1. The zero-order valence-electron chi connectivity index (χ0n) is 32.4. The van der Waals surface area contributed by atoms with E-state index < -0.39 is 0 Å². The highest BCUT2D eigenvalue weighted by atomic mass is 127. The van der Waals surface area contributed by atoms with Crippen molar-refractivity contribution in [3.05, 3.63) is 0 Å². The third-order valence-corrected chi connectivity index (χ3v) is 19.9. The molecule has 0 radical (unpaired) electrons. The Balaban J connectivity index is 1.77. The fraction of sp³-hybridized carbons (Fsp3) is 1.00. The van der Waals surface area contributed by atoms with Gasteiger partial charge in [-0.1, -0.05) is 236 Å². The van der Waals surface area contributed by atoms with Crippen molar-refractivity contribution < 1.29 is 0 Å². The molecule has 0 aromatic carbocycles. The molecule has 4 aliphatic carbocycles. The first-order chi connectivity index (χ1) is 22.8. The summed E-state index contributed by atoms with van der Waals surface area (Å²) in [6, 6.07) is 0. The molecule has 4 rings (SSSR count). The molecule has 0 spiro atoms. The molecule has 0 aliphatic heterocycles. The smallest absolute Gasteiger partial charge is 0.0457 e. The van der Waals surface area contributed by atoms with E-state index in [9.17, 15) is 0 Å². The standard InChI is InChI=1S/C45H83IS/c1-40-34-28-22-16-12-8-5-4-6-11-15-19-27-33-39-44(47)43(41(2)35-29-23-20-21-24-30-36-41)38-32-26-18-14-10-7-9-13-17-25-31-37-42(43,3)45(40,44)46/h40,47H,4-39H2,1-3H3. The Labute approximate surface area is 315 Å². The van der Waals surface area contributed by atoms with Crippen LogP contribution in [-0.4, -0.2) is 8.17 Å². The summed E-state index contributed by atoms with van der Waals surface area (Å²) in [5, 5.41) is 0. The van der Waals surface area contributed by atoms with E-state index in [0.29, 0.717) is 16.2 Å². The monoisotopic (exact) mass is 783 g/mol. The first-order valence-electron chi connectivity index (χ1n) is 22.2. The van der Waals surface area contributed by atoms with E-state index in [1.54, 1.807) is 0 Å². The van der Waals surface area contributed by atoms with E-state index in [1.165, 1.54) is 231 Å². The second-order valence-corrected chi connectivity index (χ2v) is 20.9. The highest BCUT2D eigenvalue weighted by Gasteiger charge is 2.85. The van der Waals surface area contributed by atoms with Crippen LogP contribution < -0.4 is 0 Å². The Morgan fingerprint density at radius 2 is 0.702 bits per heavy atom. The highest BCUT2D eigenvalue weighted by molar-refractivity contribution is 14.1. The van der Waals surface area contributed by atoms with Crippen LogP contribution in [0.2, 0.25) is 0 Å². The van der Waals surface area contributed by atoms with E-state index in [1.807, 2.05) is 0 Å². The molecule has 0 nitrogen and oxygen atoms in total. The van der Waals surface area contributed by atoms with Gasteiger partial charge in [-0.05, 0) is 60.7 Å². The Morgan fingerprint density at radius 3 is 1.11 bits per heavy atom. The minimum atomic E-state index is 0.136. The van der Waals surface area contributed by atoms with E-state index >= 15 is 0 Å². The highest BCUT2D eigenvalue weighted by Crippen LogP contribution is 2.86. The molecular weight excluding hydrogens is 699 g/mol. The minimum absolute atomic E-state index is 0.136. The van der Waals surface area contributed by atoms with Gasteiger partial charge >= 0.3 is 0 Å². The molecular formula is C45H83IS. The summed E-state index contributed by atoms with van der Waals surface area (Å²) in [4.78, 5) is 0. The van der Waals surface area contributed by atoms with Crippen LogP contribution in [0.4, 0.5) is 0 Å². The number of hydrogen-bond donors (Lipinski definition) is 1. The Kier molecular flexibility index (Phi) is 17.7. The van der Waals surface area contributed by atoms with Crippen molar-refractivity contribution in [1.82, 2.24) is 0 Å². The maximum Gasteiger partial charge on any atom is 0.0457 e. The van der Waals surface area contributed by atoms with Gasteiger partial charge in [0.05, 0.1) is 0 Å². The van der Waals surface area contributed by atoms with Crippen molar-refractivity contribution in [2.24, 2.45) is 22.2 Å². The quantitative estimate of drug-likeness (QED) is 0.153. The molecule has 47 heavy (non-hydrogen) atoms. The largest absolute Gasteiger partial charge is 0.170 e. The fourth-order valence-corrected chi connectivity index (χ4v) is 15.9. The molecule has 2 heteroatoms. The molecule has 4 fully saturated rings. The number of halogens is 1. The van der Waals surface area contributed by atoms with Crippen LogP contribution in [0.1, 0.15) is 252 Å². The van der Waals surface area contributed by atoms with E-state index in [2.05, 4.69) is 43.4 Å². The van der Waals surface area contributed by atoms with E-state index in [-0.39, 0.29) is 8.17 Å². The van der Waals surface area contributed by atoms with Gasteiger partial charge < -0.3 is 0 Å². The Hall–Kier alpha value is 1.08. The predicted octanol–water partition coefficient (Wildman–Crippen LogP) is 16.6. The normalized spacial score (nSPS) is 39.4. The van der Waals surface area contributed by atoms with Gasteiger partial charge in [0.25, 0.3) is 0 Å². The number of thiol groups is 1. The summed E-state index contributed by atoms with van der Waals surface area (Å²) in [5.74, 6) is 0.750. The third kappa shape index (κ3) is 9.18. The van der Waals surface area contributed by atoms with Crippen LogP contribution in [0.5, 0.6) is 0 Å². The lowest BCUT2D eigenvalue weighted by atomic mass is 9.26. The minimum Gasteiger partial charge on any atom is -0.170 e. The molecule has 0 aromatic heterocycles. The molecule has 0 N–H and O–H groups in total. The average Bonchev–Trinajstić information content (AvgIpc) is 3.16. The van der Waals surface area contributed by atoms with Gasteiger partial charge in [-0.2, -0.15) is 12.6 Å². The van der Waals surface area contributed by atoms with Crippen molar-refractivity contribution >= 4 is 35.2 Å².